The van der Waals surface area contributed by atoms with Crippen LogP contribution in [0.1, 0.15) is 35.6 Å². The van der Waals surface area contributed by atoms with E-state index in [4.69, 9.17) is 18.9 Å². The predicted octanol–water partition coefficient (Wildman–Crippen LogP) is 6.09. The number of hydrogen-bond donors (Lipinski definition) is 1. The summed E-state index contributed by atoms with van der Waals surface area (Å²) in [4.78, 5) is 25.6. The van der Waals surface area contributed by atoms with E-state index < -0.39 is 17.9 Å². The van der Waals surface area contributed by atoms with Crippen LogP contribution >= 0.6 is 0 Å². The standard InChI is InChI=1S/C33H32O7/c1-6-22(23-14-10-11-15-26(23)34)25-17-32(31(39-5)19-29(25)37-3)40-33(21-12-8-7-9-13-21)20(2)24-16-28(36)30(38-4)18-27(24)35/h6-20,22,33-34H,1H2,2-5H3/t20-,22+,33-/m0/s1. The summed E-state index contributed by atoms with van der Waals surface area (Å²) in [5, 5.41) is 10.6. The molecule has 0 aromatic heterocycles. The van der Waals surface area contributed by atoms with E-state index in [1.54, 1.807) is 37.5 Å². The molecule has 0 amide bonds. The van der Waals surface area contributed by atoms with Crippen molar-refractivity contribution in [3.63, 3.8) is 0 Å². The Morgan fingerprint density at radius 1 is 0.775 bits per heavy atom. The summed E-state index contributed by atoms with van der Waals surface area (Å²) in [6.45, 7) is 5.84. The maximum absolute atomic E-state index is 13.0. The molecule has 3 aromatic carbocycles. The van der Waals surface area contributed by atoms with Gasteiger partial charge in [0.05, 0.1) is 21.3 Å². The molecule has 0 bridgehead atoms. The number of aromatic hydroxyl groups is 1. The topological polar surface area (TPSA) is 91.3 Å². The van der Waals surface area contributed by atoms with Crippen LogP contribution in [-0.4, -0.2) is 38.0 Å². The molecule has 0 saturated heterocycles. The highest BCUT2D eigenvalue weighted by Gasteiger charge is 2.33. The number of carbonyl (C=O) groups is 2. The summed E-state index contributed by atoms with van der Waals surface area (Å²) in [7, 11) is 4.44. The molecule has 3 aromatic rings. The van der Waals surface area contributed by atoms with E-state index in [1.807, 2.05) is 49.4 Å². The number of rotatable bonds is 11. The van der Waals surface area contributed by atoms with Crippen molar-refractivity contribution in [3.05, 3.63) is 120 Å². The molecular formula is C33H32O7. The summed E-state index contributed by atoms with van der Waals surface area (Å²) in [6.07, 6.45) is 3.58. The predicted molar refractivity (Wildman–Crippen MR) is 152 cm³/mol. The number of benzene rings is 3. The average Bonchev–Trinajstić information content (AvgIpc) is 2.98. The van der Waals surface area contributed by atoms with Crippen molar-refractivity contribution in [2.75, 3.05) is 21.3 Å². The van der Waals surface area contributed by atoms with Gasteiger partial charge < -0.3 is 24.1 Å². The van der Waals surface area contributed by atoms with Crippen LogP contribution in [0.2, 0.25) is 0 Å². The number of allylic oxidation sites excluding steroid dienone is 3. The second-order valence-corrected chi connectivity index (χ2v) is 9.30. The molecule has 0 unspecified atom stereocenters. The largest absolute Gasteiger partial charge is 0.508 e. The normalized spacial score (nSPS) is 15.3. The third-order valence-electron chi connectivity index (χ3n) is 6.98. The second-order valence-electron chi connectivity index (χ2n) is 9.30. The van der Waals surface area contributed by atoms with Gasteiger partial charge in [-0.05, 0) is 23.8 Å². The fourth-order valence-corrected chi connectivity index (χ4v) is 4.87. The minimum Gasteiger partial charge on any atom is -0.508 e. The first kappa shape index (κ1) is 28.2. The first-order chi connectivity index (χ1) is 19.3. The monoisotopic (exact) mass is 540 g/mol. The molecule has 1 aliphatic carbocycles. The Morgan fingerprint density at radius 2 is 1.45 bits per heavy atom. The maximum Gasteiger partial charge on any atom is 0.220 e. The molecule has 7 heteroatoms. The number of para-hydroxylation sites is 1. The molecule has 1 N–H and O–H groups in total. The summed E-state index contributed by atoms with van der Waals surface area (Å²) >= 11 is 0. The van der Waals surface area contributed by atoms with Crippen molar-refractivity contribution in [2.45, 2.75) is 18.9 Å². The van der Waals surface area contributed by atoms with Crippen molar-refractivity contribution in [3.8, 4) is 23.0 Å². The zero-order chi connectivity index (χ0) is 28.8. The summed E-state index contributed by atoms with van der Waals surface area (Å²) in [5.74, 6) is -0.181. The molecule has 40 heavy (non-hydrogen) atoms. The van der Waals surface area contributed by atoms with Gasteiger partial charge in [0.1, 0.15) is 17.6 Å². The van der Waals surface area contributed by atoms with Crippen LogP contribution in [0, 0.1) is 5.92 Å². The molecule has 4 rings (SSSR count). The van der Waals surface area contributed by atoms with Gasteiger partial charge >= 0.3 is 0 Å². The van der Waals surface area contributed by atoms with Crippen LogP contribution < -0.4 is 14.2 Å². The maximum atomic E-state index is 13.0. The highest BCUT2D eigenvalue weighted by atomic mass is 16.5. The van der Waals surface area contributed by atoms with Crippen LogP contribution in [-0.2, 0) is 14.3 Å². The molecule has 0 spiro atoms. The van der Waals surface area contributed by atoms with Crippen molar-refractivity contribution in [1.29, 1.82) is 0 Å². The quantitative estimate of drug-likeness (QED) is 0.232. The van der Waals surface area contributed by atoms with E-state index >= 15 is 0 Å². The van der Waals surface area contributed by atoms with E-state index in [-0.39, 0.29) is 23.1 Å². The lowest BCUT2D eigenvalue weighted by molar-refractivity contribution is -0.117. The van der Waals surface area contributed by atoms with Crippen molar-refractivity contribution < 1.29 is 33.6 Å². The lowest BCUT2D eigenvalue weighted by Crippen LogP contribution is -2.25. The molecule has 0 aliphatic heterocycles. The van der Waals surface area contributed by atoms with Gasteiger partial charge in [0, 0.05) is 40.7 Å². The Hall–Kier alpha value is -4.78. The molecule has 0 radical (unpaired) electrons. The molecular weight excluding hydrogens is 508 g/mol. The molecule has 7 nitrogen and oxygen atoms in total. The third kappa shape index (κ3) is 5.64. The number of carbonyl (C=O) groups excluding carboxylic acids is 2. The van der Waals surface area contributed by atoms with Gasteiger partial charge in [0.15, 0.2) is 23.0 Å². The van der Waals surface area contributed by atoms with Crippen molar-refractivity contribution in [1.82, 2.24) is 0 Å². The van der Waals surface area contributed by atoms with Gasteiger partial charge in [-0.25, -0.2) is 0 Å². The van der Waals surface area contributed by atoms with Crippen LogP contribution in [0.5, 0.6) is 23.0 Å². The fourth-order valence-electron chi connectivity index (χ4n) is 4.87. The molecule has 0 fully saturated rings. The third-order valence-corrected chi connectivity index (χ3v) is 6.98. The smallest absolute Gasteiger partial charge is 0.220 e. The van der Waals surface area contributed by atoms with E-state index in [0.29, 0.717) is 33.9 Å². The Kier molecular flexibility index (Phi) is 8.74. The number of phenols is 1. The minimum absolute atomic E-state index is 0.000716. The summed E-state index contributed by atoms with van der Waals surface area (Å²) in [5.41, 5.74) is 2.46. The number of phenolic OH excluding ortho intramolecular Hbond substituents is 1. The first-order valence-corrected chi connectivity index (χ1v) is 12.8. The van der Waals surface area contributed by atoms with Gasteiger partial charge in [-0.2, -0.15) is 0 Å². The highest BCUT2D eigenvalue weighted by molar-refractivity contribution is 6.19. The SMILES string of the molecule is C=C[C@H](c1ccccc1O)c1cc(O[C@H](c2ccccc2)[C@@H](C)C2=CC(=O)C(OC)=CC2=O)c(OC)cc1OC. The van der Waals surface area contributed by atoms with Crippen molar-refractivity contribution in [2.24, 2.45) is 5.92 Å². The lowest BCUT2D eigenvalue weighted by Gasteiger charge is -2.29. The number of hydrogen-bond acceptors (Lipinski definition) is 7. The van der Waals surface area contributed by atoms with Crippen LogP contribution in [0.25, 0.3) is 0 Å². The van der Waals surface area contributed by atoms with Crippen LogP contribution in [0.4, 0.5) is 0 Å². The lowest BCUT2D eigenvalue weighted by atomic mass is 9.85. The number of ether oxygens (including phenoxy) is 4. The number of ketones is 2. The summed E-state index contributed by atoms with van der Waals surface area (Å²) < 4.78 is 23.1. The van der Waals surface area contributed by atoms with Crippen LogP contribution in [0.3, 0.4) is 0 Å². The Morgan fingerprint density at radius 3 is 2.08 bits per heavy atom. The average molecular weight is 541 g/mol. The fraction of sp³-hybridized carbons (Fsp3) is 0.212. The molecule has 206 valence electrons. The van der Waals surface area contributed by atoms with Gasteiger partial charge in [-0.15, -0.1) is 6.58 Å². The van der Waals surface area contributed by atoms with Gasteiger partial charge in [0.2, 0.25) is 5.78 Å². The minimum atomic E-state index is -0.663. The second kappa shape index (κ2) is 12.4. The van der Waals surface area contributed by atoms with E-state index in [9.17, 15) is 14.7 Å². The van der Waals surface area contributed by atoms with Gasteiger partial charge in [0.25, 0.3) is 0 Å². The molecule has 0 heterocycles. The van der Waals surface area contributed by atoms with Crippen LogP contribution in [0.15, 0.2) is 103 Å². The zero-order valence-electron chi connectivity index (χ0n) is 22.9. The van der Waals surface area contributed by atoms with E-state index in [1.165, 1.54) is 26.4 Å². The van der Waals surface area contributed by atoms with E-state index in [0.717, 1.165) is 5.56 Å². The Balaban J connectivity index is 1.82. The van der Waals surface area contributed by atoms with E-state index in [2.05, 4.69) is 6.58 Å². The zero-order valence-corrected chi connectivity index (χ0v) is 22.9. The van der Waals surface area contributed by atoms with Gasteiger partial charge in [-0.1, -0.05) is 61.5 Å². The Bertz CT molecular complexity index is 1470. The molecule has 1 aliphatic rings. The number of methoxy groups -OCH3 is 3. The first-order valence-electron chi connectivity index (χ1n) is 12.8. The molecule has 3 atom stereocenters. The van der Waals surface area contributed by atoms with Crippen molar-refractivity contribution >= 4 is 11.6 Å². The highest BCUT2D eigenvalue weighted by Crippen LogP contribution is 2.45. The Labute approximate surface area is 234 Å². The molecule has 0 saturated carbocycles. The van der Waals surface area contributed by atoms with Gasteiger partial charge in [-0.3, -0.25) is 9.59 Å². The summed E-state index contributed by atoms with van der Waals surface area (Å²) in [6, 6.07) is 20.0.